The van der Waals surface area contributed by atoms with Crippen molar-refractivity contribution in [3.05, 3.63) is 89.5 Å². The van der Waals surface area contributed by atoms with Gasteiger partial charge in [0.05, 0.1) is 47.0 Å². The minimum absolute atomic E-state index is 0.0628. The van der Waals surface area contributed by atoms with Crippen molar-refractivity contribution in [2.24, 2.45) is 7.05 Å². The van der Waals surface area contributed by atoms with Crippen molar-refractivity contribution in [2.45, 2.75) is 18.8 Å². The van der Waals surface area contributed by atoms with E-state index >= 15 is 4.39 Å². The summed E-state index contributed by atoms with van der Waals surface area (Å²) in [5, 5.41) is 9.42. The topological polar surface area (TPSA) is 101 Å². The van der Waals surface area contributed by atoms with Crippen LogP contribution in [-0.2, 0) is 29.3 Å². The van der Waals surface area contributed by atoms with Crippen LogP contribution in [0.2, 0.25) is 0 Å². The van der Waals surface area contributed by atoms with E-state index in [1.165, 1.54) is 24.0 Å². The number of anilines is 1. The lowest BCUT2D eigenvalue weighted by atomic mass is 9.99. The Hall–Kier alpha value is -4.62. The first-order valence-corrected chi connectivity index (χ1v) is 13.3. The second kappa shape index (κ2) is 12.3. The Labute approximate surface area is 244 Å². The zero-order valence-electron chi connectivity index (χ0n) is 23.3. The van der Waals surface area contributed by atoms with E-state index in [1.807, 2.05) is 11.9 Å². The van der Waals surface area contributed by atoms with Crippen LogP contribution < -0.4 is 10.6 Å². The molecule has 0 radical (unpaired) electrons. The first-order valence-electron chi connectivity index (χ1n) is 13.3. The van der Waals surface area contributed by atoms with Gasteiger partial charge in [0.25, 0.3) is 11.8 Å². The fourth-order valence-corrected chi connectivity index (χ4v) is 4.69. The summed E-state index contributed by atoms with van der Waals surface area (Å²) >= 11 is 0. The maximum atomic E-state index is 15.0. The Kier molecular flexibility index (Phi) is 8.55. The third kappa shape index (κ3) is 6.89. The van der Waals surface area contributed by atoms with Gasteiger partial charge in [0.1, 0.15) is 11.9 Å². The molecule has 1 fully saturated rings. The number of hydrogen-bond acceptors (Lipinski definition) is 6. The zero-order valence-corrected chi connectivity index (χ0v) is 23.3. The Morgan fingerprint density at radius 2 is 1.84 bits per heavy atom. The Balaban J connectivity index is 1.43. The number of aryl methyl sites for hydroxylation is 1. The lowest BCUT2D eigenvalue weighted by Crippen LogP contribution is -2.48. The highest BCUT2D eigenvalue weighted by molar-refractivity contribution is 6.07. The van der Waals surface area contributed by atoms with Gasteiger partial charge in [0.15, 0.2) is 0 Å². The molecule has 2 N–H and O–H groups in total. The van der Waals surface area contributed by atoms with Gasteiger partial charge in [-0.25, -0.2) is 9.37 Å². The number of hydrogen-bond donors (Lipinski definition) is 2. The number of carbonyl (C=O) groups excluding carboxylic acids is 2. The maximum Gasteiger partial charge on any atom is 0.417 e. The highest BCUT2D eigenvalue weighted by atomic mass is 19.4. The molecule has 2 aromatic carbocycles. The van der Waals surface area contributed by atoms with Gasteiger partial charge in [-0.3, -0.25) is 14.3 Å². The quantitative estimate of drug-likeness (QED) is 0.305. The van der Waals surface area contributed by atoms with Gasteiger partial charge in [-0.2, -0.15) is 18.3 Å². The number of alkyl halides is 3. The molecule has 2 aromatic heterocycles. The number of ether oxygens (including phenoxy) is 1. The second-order valence-electron chi connectivity index (χ2n) is 10.1. The normalized spacial score (nSPS) is 15.7. The molecule has 1 unspecified atom stereocenters. The Bertz CT molecular complexity index is 1640. The summed E-state index contributed by atoms with van der Waals surface area (Å²) in [6.45, 7) is 1.72. The molecule has 224 valence electrons. The largest absolute Gasteiger partial charge is 0.417 e. The van der Waals surface area contributed by atoms with E-state index in [-0.39, 0.29) is 23.8 Å². The van der Waals surface area contributed by atoms with Crippen LogP contribution in [0.5, 0.6) is 0 Å². The molecular weight excluding hydrogens is 568 g/mol. The number of amides is 2. The monoisotopic (exact) mass is 596 g/mol. The van der Waals surface area contributed by atoms with Crippen molar-refractivity contribution in [2.75, 3.05) is 32.1 Å². The predicted octanol–water partition coefficient (Wildman–Crippen LogP) is 4.51. The van der Waals surface area contributed by atoms with E-state index in [0.717, 1.165) is 12.6 Å². The molecule has 43 heavy (non-hydrogen) atoms. The molecule has 0 saturated carbocycles. The number of carbonyl (C=O) groups is 2. The molecule has 0 aliphatic carbocycles. The van der Waals surface area contributed by atoms with Crippen LogP contribution in [0.1, 0.15) is 21.6 Å². The van der Waals surface area contributed by atoms with Gasteiger partial charge in [-0.1, -0.05) is 30.3 Å². The summed E-state index contributed by atoms with van der Waals surface area (Å²) in [7, 11) is 3.43. The second-order valence-corrected chi connectivity index (χ2v) is 10.1. The Morgan fingerprint density at radius 1 is 1.07 bits per heavy atom. The van der Waals surface area contributed by atoms with Gasteiger partial charge in [-0.15, -0.1) is 0 Å². The molecule has 1 atom stereocenters. The van der Waals surface area contributed by atoms with Gasteiger partial charge in [0.2, 0.25) is 0 Å². The molecule has 5 rings (SSSR count). The van der Waals surface area contributed by atoms with Gasteiger partial charge >= 0.3 is 6.18 Å². The fourth-order valence-electron chi connectivity index (χ4n) is 4.69. The number of aromatic nitrogens is 3. The van der Waals surface area contributed by atoms with E-state index in [2.05, 4.69) is 20.7 Å². The number of nitrogens with zero attached hydrogens (tertiary/aromatic N) is 4. The van der Waals surface area contributed by atoms with Gasteiger partial charge in [0, 0.05) is 37.5 Å². The summed E-state index contributed by atoms with van der Waals surface area (Å²) in [4.78, 5) is 32.6. The SMILES string of the molecule is CN1CCOC(C(=O)NCc2ccc(NC(=O)c3cc(-c4ccn(C)n4)c(C(F)(F)F)cc3F)c(-c3ccccc3)n2)C1. The van der Waals surface area contributed by atoms with Crippen LogP contribution in [0.25, 0.3) is 22.5 Å². The molecule has 2 amide bonds. The van der Waals surface area contributed by atoms with Crippen molar-refractivity contribution in [1.82, 2.24) is 25.0 Å². The summed E-state index contributed by atoms with van der Waals surface area (Å²) in [6.07, 6.45) is -4.04. The van der Waals surface area contributed by atoms with Crippen LogP contribution in [0.15, 0.2) is 66.9 Å². The van der Waals surface area contributed by atoms with Gasteiger partial charge < -0.3 is 20.3 Å². The summed E-state index contributed by atoms with van der Waals surface area (Å²) in [5.41, 5.74) is -0.718. The Morgan fingerprint density at radius 3 is 2.51 bits per heavy atom. The smallest absolute Gasteiger partial charge is 0.366 e. The molecule has 1 saturated heterocycles. The minimum Gasteiger partial charge on any atom is -0.366 e. The first-order chi connectivity index (χ1) is 20.5. The average molecular weight is 597 g/mol. The summed E-state index contributed by atoms with van der Waals surface area (Å²) < 4.78 is 63.2. The molecule has 4 aromatic rings. The molecule has 3 heterocycles. The zero-order chi connectivity index (χ0) is 30.7. The lowest BCUT2D eigenvalue weighted by Gasteiger charge is -2.29. The number of benzene rings is 2. The van der Waals surface area contributed by atoms with Crippen molar-refractivity contribution in [3.63, 3.8) is 0 Å². The van der Waals surface area contributed by atoms with Crippen molar-refractivity contribution in [1.29, 1.82) is 0 Å². The number of nitrogens with one attached hydrogen (secondary N) is 2. The van der Waals surface area contributed by atoms with E-state index in [9.17, 15) is 22.8 Å². The van der Waals surface area contributed by atoms with Crippen molar-refractivity contribution in [3.8, 4) is 22.5 Å². The molecular formula is C30H28F4N6O3. The number of halogens is 4. The third-order valence-electron chi connectivity index (χ3n) is 6.90. The van der Waals surface area contributed by atoms with Crippen LogP contribution in [0, 0.1) is 5.82 Å². The van der Waals surface area contributed by atoms with Gasteiger partial charge in [-0.05, 0) is 37.4 Å². The highest BCUT2D eigenvalue weighted by Crippen LogP contribution is 2.38. The van der Waals surface area contributed by atoms with Crippen LogP contribution >= 0.6 is 0 Å². The van der Waals surface area contributed by atoms with E-state index in [0.29, 0.717) is 36.2 Å². The molecule has 0 spiro atoms. The number of likely N-dealkylation sites (N-methyl/N-ethyl adjacent to an activating group) is 1. The van der Waals surface area contributed by atoms with E-state index in [1.54, 1.807) is 42.5 Å². The van der Waals surface area contributed by atoms with Crippen molar-refractivity contribution >= 4 is 17.5 Å². The first kappa shape index (κ1) is 29.9. The van der Waals surface area contributed by atoms with E-state index in [4.69, 9.17) is 4.74 Å². The summed E-state index contributed by atoms with van der Waals surface area (Å²) in [6, 6.07) is 14.5. The highest BCUT2D eigenvalue weighted by Gasteiger charge is 2.36. The third-order valence-corrected chi connectivity index (χ3v) is 6.90. The minimum atomic E-state index is -4.88. The van der Waals surface area contributed by atoms with E-state index < -0.39 is 40.7 Å². The lowest BCUT2D eigenvalue weighted by molar-refractivity contribution is -0.138. The van der Waals surface area contributed by atoms with Crippen molar-refractivity contribution < 1.29 is 31.9 Å². The van der Waals surface area contributed by atoms with Crippen LogP contribution in [0.3, 0.4) is 0 Å². The molecule has 0 bridgehead atoms. The number of morpholine rings is 1. The van der Waals surface area contributed by atoms with Crippen LogP contribution in [-0.4, -0.2) is 64.3 Å². The van der Waals surface area contributed by atoms with Crippen LogP contribution in [0.4, 0.5) is 23.2 Å². The number of pyridine rings is 1. The predicted molar refractivity (Wildman–Crippen MR) is 150 cm³/mol. The molecule has 9 nitrogen and oxygen atoms in total. The molecule has 1 aliphatic rings. The number of rotatable bonds is 7. The average Bonchev–Trinajstić information content (AvgIpc) is 3.42. The molecule has 13 heteroatoms. The molecule has 1 aliphatic heterocycles. The standard InChI is InChI=1S/C30H28F4N6O3/c1-39-12-13-43-26(17-39)29(42)35-16-19-8-9-25(27(36-19)18-6-4-3-5-7-18)37-28(41)21-14-20(24-10-11-40(2)38-24)22(15-23(21)31)30(32,33)34/h3-11,14-15,26H,12-13,16-17H2,1-2H3,(H,35,42)(H,37,41). The summed E-state index contributed by atoms with van der Waals surface area (Å²) in [5.74, 6) is -2.59. The maximum absolute atomic E-state index is 15.0. The fraction of sp³-hybridized carbons (Fsp3) is 0.267.